The van der Waals surface area contributed by atoms with Crippen LogP contribution in [0.1, 0.15) is 30.9 Å². The van der Waals surface area contributed by atoms with E-state index >= 15 is 0 Å². The summed E-state index contributed by atoms with van der Waals surface area (Å²) in [5, 5.41) is 6.94. The number of nitrogens with one attached hydrogen (secondary N) is 1. The van der Waals surface area contributed by atoms with E-state index in [0.717, 1.165) is 31.5 Å². The summed E-state index contributed by atoms with van der Waals surface area (Å²) in [6.45, 7) is 2.31. The first-order chi connectivity index (χ1) is 10.6. The number of hydrogen-bond acceptors (Lipinski definition) is 5. The molecule has 0 unspecified atom stereocenters. The van der Waals surface area contributed by atoms with Gasteiger partial charge in [0.1, 0.15) is 24.0 Å². The van der Waals surface area contributed by atoms with Crippen LogP contribution in [0.25, 0.3) is 0 Å². The molecule has 0 radical (unpaired) electrons. The van der Waals surface area contributed by atoms with Crippen molar-refractivity contribution < 1.29 is 4.79 Å². The van der Waals surface area contributed by atoms with E-state index in [4.69, 9.17) is 0 Å². The van der Waals surface area contributed by atoms with E-state index in [1.54, 1.807) is 23.8 Å². The van der Waals surface area contributed by atoms with Gasteiger partial charge in [-0.2, -0.15) is 5.10 Å². The van der Waals surface area contributed by atoms with E-state index in [-0.39, 0.29) is 18.1 Å². The van der Waals surface area contributed by atoms with Gasteiger partial charge in [-0.1, -0.05) is 6.42 Å². The molecule has 8 heteroatoms. The molecule has 8 nitrogen and oxygen atoms in total. The van der Waals surface area contributed by atoms with Crippen LogP contribution in [0.15, 0.2) is 17.1 Å². The molecule has 0 saturated heterocycles. The lowest BCUT2D eigenvalue weighted by atomic mass is 10.2. The van der Waals surface area contributed by atoms with Crippen LogP contribution in [0, 0.1) is 6.92 Å². The average molecular weight is 302 g/mol. The van der Waals surface area contributed by atoms with Crippen molar-refractivity contribution in [3.05, 3.63) is 34.4 Å². The summed E-state index contributed by atoms with van der Waals surface area (Å²) in [5.41, 5.74) is -0.217. The van der Waals surface area contributed by atoms with E-state index in [0.29, 0.717) is 18.2 Å². The Morgan fingerprint density at radius 3 is 3.05 bits per heavy atom. The number of rotatable bonds is 3. The third kappa shape index (κ3) is 3.05. The minimum absolute atomic E-state index is 0.109. The molecule has 1 amide bonds. The maximum absolute atomic E-state index is 12.3. The van der Waals surface area contributed by atoms with Gasteiger partial charge in [-0.15, -0.1) is 0 Å². The molecule has 2 aromatic heterocycles. The fourth-order valence-electron chi connectivity index (χ4n) is 2.57. The van der Waals surface area contributed by atoms with Crippen molar-refractivity contribution in [2.75, 3.05) is 5.32 Å². The lowest BCUT2D eigenvalue weighted by Gasteiger charge is -2.04. The highest BCUT2D eigenvalue weighted by Crippen LogP contribution is 2.10. The molecule has 0 aliphatic carbocycles. The van der Waals surface area contributed by atoms with Gasteiger partial charge in [0.25, 0.3) is 0 Å². The maximum atomic E-state index is 12.3. The van der Waals surface area contributed by atoms with Gasteiger partial charge in [0.05, 0.1) is 0 Å². The van der Waals surface area contributed by atoms with Crippen LogP contribution >= 0.6 is 0 Å². The van der Waals surface area contributed by atoms with Crippen molar-refractivity contribution in [3.63, 3.8) is 0 Å². The summed E-state index contributed by atoms with van der Waals surface area (Å²) in [6, 6.07) is 1.61. The Bertz CT molecular complexity index is 748. The molecule has 116 valence electrons. The summed E-state index contributed by atoms with van der Waals surface area (Å²) in [4.78, 5) is 32.4. The smallest absolute Gasteiger partial charge is 0.309 e. The number of aromatic nitrogens is 5. The molecule has 1 aliphatic rings. The zero-order valence-electron chi connectivity index (χ0n) is 12.4. The Balaban J connectivity index is 1.73. The number of fused-ring (bicyclic) bond motifs is 1. The number of amides is 1. The Hall–Kier alpha value is -2.51. The van der Waals surface area contributed by atoms with E-state index in [2.05, 4.69) is 20.4 Å². The Morgan fingerprint density at radius 1 is 1.36 bits per heavy atom. The fraction of sp³-hybridized carbons (Fsp3) is 0.500. The van der Waals surface area contributed by atoms with Crippen LogP contribution in [0.3, 0.4) is 0 Å². The second-order valence-corrected chi connectivity index (χ2v) is 5.36. The van der Waals surface area contributed by atoms with Crippen molar-refractivity contribution >= 4 is 11.7 Å². The molecule has 1 N–H and O–H groups in total. The van der Waals surface area contributed by atoms with Crippen molar-refractivity contribution in [2.45, 2.75) is 45.7 Å². The summed E-state index contributed by atoms with van der Waals surface area (Å²) in [5.74, 6) is 1.44. The monoisotopic (exact) mass is 302 g/mol. The number of carbonyl (C=O) groups excluding carboxylic acids is 1. The van der Waals surface area contributed by atoms with Crippen LogP contribution in [0.4, 0.5) is 5.82 Å². The number of anilines is 1. The van der Waals surface area contributed by atoms with Crippen molar-refractivity contribution in [3.8, 4) is 0 Å². The molecule has 0 aromatic carbocycles. The van der Waals surface area contributed by atoms with E-state index < -0.39 is 0 Å². The standard InChI is InChI=1S/C14H18N6O2/c1-10-15-7-6-11(16-10)17-13(21)9-20-14(22)19-8-4-2-3-5-12(19)18-20/h6-7H,2-5,8-9H2,1H3,(H,15,16,17,21). The fourth-order valence-corrected chi connectivity index (χ4v) is 2.57. The van der Waals surface area contributed by atoms with Crippen LogP contribution in [0.5, 0.6) is 0 Å². The zero-order chi connectivity index (χ0) is 15.5. The molecule has 1 aliphatic heterocycles. The van der Waals surface area contributed by atoms with E-state index in [1.165, 1.54) is 4.68 Å². The molecule has 0 atom stereocenters. The predicted octanol–water partition coefficient (Wildman–Crippen LogP) is 0.508. The summed E-state index contributed by atoms with van der Waals surface area (Å²) in [7, 11) is 0. The quantitative estimate of drug-likeness (QED) is 0.891. The molecule has 2 aromatic rings. The normalized spacial score (nSPS) is 14.2. The molecule has 0 saturated carbocycles. The second-order valence-electron chi connectivity index (χ2n) is 5.36. The van der Waals surface area contributed by atoms with Gasteiger partial charge < -0.3 is 5.32 Å². The Kier molecular flexibility index (Phi) is 3.99. The summed E-state index contributed by atoms with van der Waals surface area (Å²) < 4.78 is 2.90. The zero-order valence-corrected chi connectivity index (χ0v) is 12.4. The third-order valence-corrected chi connectivity index (χ3v) is 3.62. The SMILES string of the molecule is Cc1nccc(NC(=O)Cn2nc3n(c2=O)CCCCC3)n1. The number of nitrogens with zero attached hydrogens (tertiary/aromatic N) is 5. The van der Waals surface area contributed by atoms with Gasteiger partial charge in [0.2, 0.25) is 5.91 Å². The van der Waals surface area contributed by atoms with Crippen LogP contribution in [-0.2, 0) is 24.3 Å². The van der Waals surface area contributed by atoms with Crippen molar-refractivity contribution in [1.82, 2.24) is 24.3 Å². The van der Waals surface area contributed by atoms with Crippen molar-refractivity contribution in [2.24, 2.45) is 0 Å². The van der Waals surface area contributed by atoms with Gasteiger partial charge in [-0.25, -0.2) is 19.4 Å². The second kappa shape index (κ2) is 6.08. The van der Waals surface area contributed by atoms with Gasteiger partial charge >= 0.3 is 5.69 Å². The summed E-state index contributed by atoms with van der Waals surface area (Å²) >= 11 is 0. The van der Waals surface area contributed by atoms with Gasteiger partial charge in [-0.05, 0) is 25.8 Å². The highest BCUT2D eigenvalue weighted by molar-refractivity contribution is 5.89. The lowest BCUT2D eigenvalue weighted by molar-refractivity contribution is -0.117. The topological polar surface area (TPSA) is 94.7 Å². The van der Waals surface area contributed by atoms with E-state index in [9.17, 15) is 9.59 Å². The lowest BCUT2D eigenvalue weighted by Crippen LogP contribution is -2.30. The van der Waals surface area contributed by atoms with Crippen LogP contribution in [-0.4, -0.2) is 30.2 Å². The molecule has 0 spiro atoms. The Labute approximate surface area is 127 Å². The maximum Gasteiger partial charge on any atom is 0.346 e. The largest absolute Gasteiger partial charge is 0.346 e. The average Bonchev–Trinajstić information content (AvgIpc) is 2.65. The minimum atomic E-state index is -0.326. The van der Waals surface area contributed by atoms with Gasteiger partial charge in [-0.3, -0.25) is 9.36 Å². The highest BCUT2D eigenvalue weighted by atomic mass is 16.2. The molecule has 0 bridgehead atoms. The molecule has 22 heavy (non-hydrogen) atoms. The van der Waals surface area contributed by atoms with Crippen molar-refractivity contribution in [1.29, 1.82) is 0 Å². The van der Waals surface area contributed by atoms with Gasteiger partial charge in [0.15, 0.2) is 0 Å². The number of aryl methyl sites for hydroxylation is 2. The number of hydrogen-bond donors (Lipinski definition) is 1. The van der Waals surface area contributed by atoms with Crippen LogP contribution in [0.2, 0.25) is 0 Å². The summed E-state index contributed by atoms with van der Waals surface area (Å²) in [6.07, 6.45) is 5.47. The number of carbonyl (C=O) groups is 1. The third-order valence-electron chi connectivity index (χ3n) is 3.62. The molecule has 0 fully saturated rings. The Morgan fingerprint density at radius 2 is 2.23 bits per heavy atom. The molecule has 3 heterocycles. The first kappa shape index (κ1) is 14.4. The predicted molar refractivity (Wildman–Crippen MR) is 79.4 cm³/mol. The van der Waals surface area contributed by atoms with Crippen LogP contribution < -0.4 is 11.0 Å². The van der Waals surface area contributed by atoms with E-state index in [1.807, 2.05) is 0 Å². The molecular formula is C14H18N6O2. The minimum Gasteiger partial charge on any atom is -0.309 e. The first-order valence-corrected chi connectivity index (χ1v) is 7.39. The first-order valence-electron chi connectivity index (χ1n) is 7.39. The van der Waals surface area contributed by atoms with Gasteiger partial charge in [0, 0.05) is 19.2 Å². The molecular weight excluding hydrogens is 284 g/mol. The molecule has 3 rings (SSSR count). The highest BCUT2D eigenvalue weighted by Gasteiger charge is 2.17.